The Labute approximate surface area is 163 Å². The fourth-order valence-electron chi connectivity index (χ4n) is 3.00. The first kappa shape index (κ1) is 19.6. The first-order chi connectivity index (χ1) is 13.5. The maximum absolute atomic E-state index is 13.0. The van der Waals surface area contributed by atoms with Gasteiger partial charge in [-0.3, -0.25) is 9.78 Å². The van der Waals surface area contributed by atoms with Crippen molar-refractivity contribution in [3.8, 4) is 0 Å². The molecule has 0 radical (unpaired) electrons. The van der Waals surface area contributed by atoms with E-state index in [4.69, 9.17) is 0 Å². The number of amides is 3. The van der Waals surface area contributed by atoms with Gasteiger partial charge in [0.1, 0.15) is 11.9 Å². The molecule has 2 N–H and O–H groups in total. The number of carbonyl (C=O) groups excluding carboxylic acids is 2. The van der Waals surface area contributed by atoms with Crippen LogP contribution in [0.3, 0.4) is 0 Å². The second kappa shape index (κ2) is 9.16. The second-order valence-corrected chi connectivity index (χ2v) is 6.66. The Bertz CT molecular complexity index is 792. The lowest BCUT2D eigenvalue weighted by Crippen LogP contribution is -2.55. The van der Waals surface area contributed by atoms with Gasteiger partial charge in [0, 0.05) is 38.1 Å². The summed E-state index contributed by atoms with van der Waals surface area (Å²) in [5.41, 5.74) is 1.69. The number of hydrogen-bond acceptors (Lipinski definition) is 4. The molecule has 7 nitrogen and oxygen atoms in total. The van der Waals surface area contributed by atoms with Crippen molar-refractivity contribution in [2.24, 2.45) is 0 Å². The Morgan fingerprint density at radius 1 is 1.11 bits per heavy atom. The summed E-state index contributed by atoms with van der Waals surface area (Å²) in [4.78, 5) is 32.5. The van der Waals surface area contributed by atoms with Crippen molar-refractivity contribution < 1.29 is 14.0 Å². The number of urea groups is 1. The van der Waals surface area contributed by atoms with Crippen molar-refractivity contribution in [2.45, 2.75) is 19.5 Å². The van der Waals surface area contributed by atoms with Gasteiger partial charge in [0.05, 0.1) is 12.2 Å². The summed E-state index contributed by atoms with van der Waals surface area (Å²) >= 11 is 0. The van der Waals surface area contributed by atoms with E-state index in [1.165, 1.54) is 12.1 Å². The van der Waals surface area contributed by atoms with Crippen LogP contribution in [0.15, 0.2) is 48.7 Å². The van der Waals surface area contributed by atoms with Crippen LogP contribution in [0.1, 0.15) is 12.6 Å². The zero-order valence-corrected chi connectivity index (χ0v) is 15.8. The fraction of sp³-hybridized carbons (Fsp3) is 0.350. The van der Waals surface area contributed by atoms with Crippen molar-refractivity contribution in [1.82, 2.24) is 20.5 Å². The van der Waals surface area contributed by atoms with E-state index in [0.717, 1.165) is 11.4 Å². The monoisotopic (exact) mass is 385 g/mol. The highest BCUT2D eigenvalue weighted by Crippen LogP contribution is 2.16. The number of aromatic nitrogens is 1. The van der Waals surface area contributed by atoms with Crippen LogP contribution in [0.4, 0.5) is 14.9 Å². The normalized spacial score (nSPS) is 15.1. The van der Waals surface area contributed by atoms with Crippen molar-refractivity contribution in [1.29, 1.82) is 0 Å². The predicted octanol–water partition coefficient (Wildman–Crippen LogP) is 1.76. The molecule has 0 spiro atoms. The molecule has 1 aromatic carbocycles. The molecule has 1 fully saturated rings. The minimum Gasteiger partial charge on any atom is -0.368 e. The number of pyridine rings is 1. The van der Waals surface area contributed by atoms with Crippen LogP contribution < -0.4 is 15.5 Å². The lowest BCUT2D eigenvalue weighted by Gasteiger charge is -2.36. The number of carbonyl (C=O) groups is 2. The molecule has 2 heterocycles. The third-order valence-electron chi connectivity index (χ3n) is 4.66. The summed E-state index contributed by atoms with van der Waals surface area (Å²) < 4.78 is 13.0. The molecule has 1 unspecified atom stereocenters. The predicted molar refractivity (Wildman–Crippen MR) is 104 cm³/mol. The topological polar surface area (TPSA) is 77.6 Å². The number of nitrogens with one attached hydrogen (secondary N) is 2. The van der Waals surface area contributed by atoms with E-state index in [1.54, 1.807) is 30.2 Å². The standard InChI is InChI=1S/C20H24FN5O2/c1-15(19(27)23-14-17-4-2-3-9-22-17)24-20(28)26-12-10-25(11-13-26)18-7-5-16(21)6-8-18/h2-9,15H,10-14H2,1H3,(H,23,27)(H,24,28). The van der Waals surface area contributed by atoms with E-state index in [0.29, 0.717) is 32.7 Å². The van der Waals surface area contributed by atoms with Crippen LogP contribution in [0.2, 0.25) is 0 Å². The summed E-state index contributed by atoms with van der Waals surface area (Å²) in [5.74, 6) is -0.527. The Morgan fingerprint density at radius 2 is 1.82 bits per heavy atom. The van der Waals surface area contributed by atoms with E-state index < -0.39 is 6.04 Å². The van der Waals surface area contributed by atoms with Gasteiger partial charge < -0.3 is 20.4 Å². The highest BCUT2D eigenvalue weighted by molar-refractivity contribution is 5.86. The first-order valence-electron chi connectivity index (χ1n) is 9.26. The third kappa shape index (κ3) is 5.18. The van der Waals surface area contributed by atoms with E-state index in [9.17, 15) is 14.0 Å². The Hall–Kier alpha value is -3.16. The van der Waals surface area contributed by atoms with Gasteiger partial charge in [-0.15, -0.1) is 0 Å². The Balaban J connectivity index is 1.43. The summed E-state index contributed by atoms with van der Waals surface area (Å²) in [6, 6.07) is 10.9. The van der Waals surface area contributed by atoms with Crippen LogP contribution in [0.5, 0.6) is 0 Å². The summed E-state index contributed by atoms with van der Waals surface area (Å²) in [5, 5.41) is 5.50. The highest BCUT2D eigenvalue weighted by Gasteiger charge is 2.24. The number of anilines is 1. The zero-order valence-electron chi connectivity index (χ0n) is 15.8. The Morgan fingerprint density at radius 3 is 2.46 bits per heavy atom. The average molecular weight is 385 g/mol. The van der Waals surface area contributed by atoms with Gasteiger partial charge in [-0.2, -0.15) is 0 Å². The molecule has 0 bridgehead atoms. The Kier molecular flexibility index (Phi) is 6.41. The lowest BCUT2D eigenvalue weighted by atomic mass is 10.2. The molecular weight excluding hydrogens is 361 g/mol. The first-order valence-corrected chi connectivity index (χ1v) is 9.26. The van der Waals surface area contributed by atoms with Crippen LogP contribution in [-0.4, -0.2) is 54.0 Å². The second-order valence-electron chi connectivity index (χ2n) is 6.66. The van der Waals surface area contributed by atoms with E-state index in [-0.39, 0.29) is 17.8 Å². The zero-order chi connectivity index (χ0) is 19.9. The van der Waals surface area contributed by atoms with Crippen LogP contribution in [0, 0.1) is 5.82 Å². The van der Waals surface area contributed by atoms with Gasteiger partial charge in [0.2, 0.25) is 5.91 Å². The number of piperazine rings is 1. The maximum atomic E-state index is 13.0. The van der Waals surface area contributed by atoms with Crippen molar-refractivity contribution >= 4 is 17.6 Å². The number of benzene rings is 1. The van der Waals surface area contributed by atoms with Crippen LogP contribution in [0.25, 0.3) is 0 Å². The molecule has 3 rings (SSSR count). The van der Waals surface area contributed by atoms with Crippen molar-refractivity contribution in [3.05, 3.63) is 60.2 Å². The number of rotatable bonds is 5. The van der Waals surface area contributed by atoms with Gasteiger partial charge >= 0.3 is 6.03 Å². The van der Waals surface area contributed by atoms with Crippen molar-refractivity contribution in [2.75, 3.05) is 31.1 Å². The third-order valence-corrected chi connectivity index (χ3v) is 4.66. The molecule has 148 valence electrons. The summed E-state index contributed by atoms with van der Waals surface area (Å²) in [7, 11) is 0. The molecule has 8 heteroatoms. The molecular formula is C20H24FN5O2. The van der Waals surface area contributed by atoms with E-state index in [1.807, 2.05) is 18.2 Å². The van der Waals surface area contributed by atoms with E-state index in [2.05, 4.69) is 20.5 Å². The number of halogens is 1. The largest absolute Gasteiger partial charge is 0.368 e. The minimum atomic E-state index is -0.647. The molecule has 1 aliphatic heterocycles. The molecule has 0 aliphatic carbocycles. The minimum absolute atomic E-state index is 0.260. The summed E-state index contributed by atoms with van der Waals surface area (Å²) in [6.45, 7) is 4.34. The van der Waals surface area contributed by atoms with Gasteiger partial charge in [0.15, 0.2) is 0 Å². The highest BCUT2D eigenvalue weighted by atomic mass is 19.1. The number of nitrogens with zero attached hydrogens (tertiary/aromatic N) is 3. The lowest BCUT2D eigenvalue weighted by molar-refractivity contribution is -0.122. The van der Waals surface area contributed by atoms with Crippen LogP contribution >= 0.6 is 0 Å². The molecule has 28 heavy (non-hydrogen) atoms. The van der Waals surface area contributed by atoms with Gasteiger partial charge in [-0.05, 0) is 43.3 Å². The van der Waals surface area contributed by atoms with Gasteiger partial charge in [-0.25, -0.2) is 9.18 Å². The molecule has 1 atom stereocenters. The summed E-state index contributed by atoms with van der Waals surface area (Å²) in [6.07, 6.45) is 1.66. The average Bonchev–Trinajstić information content (AvgIpc) is 2.73. The number of hydrogen-bond donors (Lipinski definition) is 2. The SMILES string of the molecule is CC(NC(=O)N1CCN(c2ccc(F)cc2)CC1)C(=O)NCc1ccccn1. The molecule has 1 aliphatic rings. The molecule has 0 saturated carbocycles. The molecule has 2 aromatic rings. The maximum Gasteiger partial charge on any atom is 0.318 e. The van der Waals surface area contributed by atoms with E-state index >= 15 is 0 Å². The fourth-order valence-corrected chi connectivity index (χ4v) is 3.00. The molecule has 1 aromatic heterocycles. The molecule has 3 amide bonds. The van der Waals surface area contributed by atoms with Crippen molar-refractivity contribution in [3.63, 3.8) is 0 Å². The quantitative estimate of drug-likeness (QED) is 0.822. The molecule has 1 saturated heterocycles. The smallest absolute Gasteiger partial charge is 0.318 e. The van der Waals surface area contributed by atoms with Crippen LogP contribution in [-0.2, 0) is 11.3 Å². The van der Waals surface area contributed by atoms with Gasteiger partial charge in [0.25, 0.3) is 0 Å². The van der Waals surface area contributed by atoms with Gasteiger partial charge in [-0.1, -0.05) is 6.07 Å².